The van der Waals surface area contributed by atoms with Crippen LogP contribution in [0.3, 0.4) is 0 Å². The van der Waals surface area contributed by atoms with Gasteiger partial charge in [-0.25, -0.2) is 4.98 Å². The van der Waals surface area contributed by atoms with Crippen molar-refractivity contribution in [3.05, 3.63) is 23.9 Å². The van der Waals surface area contributed by atoms with Crippen molar-refractivity contribution in [1.82, 2.24) is 4.98 Å². The van der Waals surface area contributed by atoms with Crippen LogP contribution in [-0.4, -0.2) is 18.1 Å². The third kappa shape index (κ3) is 2.97. The fourth-order valence-corrected chi connectivity index (χ4v) is 2.46. The number of hydrogen-bond acceptors (Lipinski definition) is 3. The monoisotopic (exact) mass is 229 g/mol. The van der Waals surface area contributed by atoms with Gasteiger partial charge in [0.05, 0.1) is 11.6 Å². The second-order valence-electron chi connectivity index (χ2n) is 4.71. The molecule has 1 aliphatic heterocycles. The normalized spacial score (nSPS) is 20.7. The molecule has 3 nitrogen and oxygen atoms in total. The van der Waals surface area contributed by atoms with Crippen LogP contribution in [0.5, 0.6) is 0 Å². The largest absolute Gasteiger partial charge is 0.357 e. The van der Waals surface area contributed by atoms with Crippen LogP contribution in [0.2, 0.25) is 0 Å². The summed E-state index contributed by atoms with van der Waals surface area (Å²) in [4.78, 5) is 6.69. The molecule has 0 spiro atoms. The SMILES string of the molecule is CCC1CCCN(c2cc(C#N)ccn2)CC1. The molecule has 0 aromatic carbocycles. The molecule has 2 heterocycles. The highest BCUT2D eigenvalue weighted by molar-refractivity contribution is 5.44. The summed E-state index contributed by atoms with van der Waals surface area (Å²) in [5.41, 5.74) is 0.700. The van der Waals surface area contributed by atoms with E-state index < -0.39 is 0 Å². The molecule has 1 unspecified atom stereocenters. The van der Waals surface area contributed by atoms with Crippen molar-refractivity contribution in [3.63, 3.8) is 0 Å². The van der Waals surface area contributed by atoms with Gasteiger partial charge in [0.25, 0.3) is 0 Å². The molecule has 0 aliphatic carbocycles. The Kier molecular flexibility index (Phi) is 3.98. The summed E-state index contributed by atoms with van der Waals surface area (Å²) >= 11 is 0. The lowest BCUT2D eigenvalue weighted by Crippen LogP contribution is -2.25. The molecule has 1 atom stereocenters. The van der Waals surface area contributed by atoms with Gasteiger partial charge in [0.1, 0.15) is 5.82 Å². The van der Waals surface area contributed by atoms with Crippen LogP contribution in [0.25, 0.3) is 0 Å². The molecule has 17 heavy (non-hydrogen) atoms. The van der Waals surface area contributed by atoms with Crippen molar-refractivity contribution >= 4 is 5.82 Å². The minimum Gasteiger partial charge on any atom is -0.357 e. The van der Waals surface area contributed by atoms with Crippen molar-refractivity contribution in [2.45, 2.75) is 32.6 Å². The maximum atomic E-state index is 8.90. The fraction of sp³-hybridized carbons (Fsp3) is 0.571. The lowest BCUT2D eigenvalue weighted by atomic mass is 9.98. The van der Waals surface area contributed by atoms with Crippen LogP contribution in [0, 0.1) is 17.2 Å². The van der Waals surface area contributed by atoms with Crippen molar-refractivity contribution in [2.24, 2.45) is 5.92 Å². The van der Waals surface area contributed by atoms with Crippen molar-refractivity contribution < 1.29 is 0 Å². The van der Waals surface area contributed by atoms with Crippen LogP contribution < -0.4 is 4.90 Å². The first-order valence-electron chi connectivity index (χ1n) is 6.44. The zero-order valence-electron chi connectivity index (χ0n) is 10.4. The van der Waals surface area contributed by atoms with E-state index in [-0.39, 0.29) is 0 Å². The zero-order chi connectivity index (χ0) is 12.1. The van der Waals surface area contributed by atoms with Crippen LogP contribution in [0.4, 0.5) is 5.82 Å². The molecule has 1 aliphatic rings. The van der Waals surface area contributed by atoms with E-state index in [2.05, 4.69) is 22.9 Å². The molecule has 1 saturated heterocycles. The third-order valence-electron chi connectivity index (χ3n) is 3.62. The summed E-state index contributed by atoms with van der Waals surface area (Å²) < 4.78 is 0. The van der Waals surface area contributed by atoms with Crippen LogP contribution >= 0.6 is 0 Å². The van der Waals surface area contributed by atoms with Crippen LogP contribution in [0.15, 0.2) is 18.3 Å². The van der Waals surface area contributed by atoms with Crippen molar-refractivity contribution in [2.75, 3.05) is 18.0 Å². The molecular formula is C14H19N3. The first-order chi connectivity index (χ1) is 8.33. The molecule has 1 fully saturated rings. The Balaban J connectivity index is 2.09. The summed E-state index contributed by atoms with van der Waals surface area (Å²) in [6.07, 6.45) is 6.81. The lowest BCUT2D eigenvalue weighted by molar-refractivity contribution is 0.459. The molecule has 3 heteroatoms. The molecular weight excluding hydrogens is 210 g/mol. The molecule has 2 rings (SSSR count). The maximum absolute atomic E-state index is 8.90. The number of rotatable bonds is 2. The minimum absolute atomic E-state index is 0.700. The van der Waals surface area contributed by atoms with E-state index >= 15 is 0 Å². The highest BCUT2D eigenvalue weighted by atomic mass is 15.2. The Morgan fingerprint density at radius 3 is 3.12 bits per heavy atom. The van der Waals surface area contributed by atoms with Gasteiger partial charge in [0, 0.05) is 19.3 Å². The lowest BCUT2D eigenvalue weighted by Gasteiger charge is -2.21. The van der Waals surface area contributed by atoms with Gasteiger partial charge >= 0.3 is 0 Å². The van der Waals surface area contributed by atoms with Crippen molar-refractivity contribution in [3.8, 4) is 6.07 Å². The summed E-state index contributed by atoms with van der Waals surface area (Å²) in [5.74, 6) is 1.82. The molecule has 1 aromatic rings. The highest BCUT2D eigenvalue weighted by Crippen LogP contribution is 2.23. The van der Waals surface area contributed by atoms with E-state index in [1.165, 1.54) is 25.7 Å². The Bertz CT molecular complexity index is 408. The van der Waals surface area contributed by atoms with E-state index in [1.807, 2.05) is 6.07 Å². The topological polar surface area (TPSA) is 39.9 Å². The molecule has 0 radical (unpaired) electrons. The average Bonchev–Trinajstić information content (AvgIpc) is 2.64. The van der Waals surface area contributed by atoms with E-state index in [0.717, 1.165) is 24.8 Å². The van der Waals surface area contributed by atoms with Crippen molar-refractivity contribution in [1.29, 1.82) is 5.26 Å². The third-order valence-corrected chi connectivity index (χ3v) is 3.62. The quantitative estimate of drug-likeness (QED) is 0.782. The molecule has 0 N–H and O–H groups in total. The molecule has 0 bridgehead atoms. The molecule has 1 aromatic heterocycles. The summed E-state index contributed by atoms with van der Waals surface area (Å²) in [6, 6.07) is 5.83. The Morgan fingerprint density at radius 1 is 1.47 bits per heavy atom. The number of pyridine rings is 1. The van der Waals surface area contributed by atoms with Crippen LogP contribution in [-0.2, 0) is 0 Å². The van der Waals surface area contributed by atoms with Gasteiger partial charge in [0.2, 0.25) is 0 Å². The maximum Gasteiger partial charge on any atom is 0.129 e. The number of nitriles is 1. The van der Waals surface area contributed by atoms with E-state index in [0.29, 0.717) is 5.56 Å². The molecule has 0 amide bonds. The Labute approximate surface area is 103 Å². The average molecular weight is 229 g/mol. The van der Waals surface area contributed by atoms with E-state index in [1.54, 1.807) is 12.3 Å². The van der Waals surface area contributed by atoms with E-state index in [9.17, 15) is 0 Å². The fourth-order valence-electron chi connectivity index (χ4n) is 2.46. The first-order valence-corrected chi connectivity index (χ1v) is 6.44. The summed E-state index contributed by atoms with van der Waals surface area (Å²) in [6.45, 7) is 4.41. The number of nitrogens with zero attached hydrogens (tertiary/aromatic N) is 3. The predicted molar refractivity (Wildman–Crippen MR) is 68.8 cm³/mol. The predicted octanol–water partition coefficient (Wildman–Crippen LogP) is 2.97. The zero-order valence-corrected chi connectivity index (χ0v) is 10.4. The highest BCUT2D eigenvalue weighted by Gasteiger charge is 2.16. The van der Waals surface area contributed by atoms with Gasteiger partial charge in [-0.15, -0.1) is 0 Å². The van der Waals surface area contributed by atoms with Gasteiger partial charge in [0.15, 0.2) is 0 Å². The molecule has 90 valence electrons. The standard InChI is InChI=1S/C14H19N3/c1-2-12-4-3-8-17(9-6-12)14-10-13(11-15)5-7-16-14/h5,7,10,12H,2-4,6,8-9H2,1H3. The molecule has 0 saturated carbocycles. The number of anilines is 1. The second kappa shape index (κ2) is 5.67. The summed E-state index contributed by atoms with van der Waals surface area (Å²) in [5, 5.41) is 8.90. The van der Waals surface area contributed by atoms with Crippen LogP contribution in [0.1, 0.15) is 38.2 Å². The first kappa shape index (κ1) is 11.9. The number of aromatic nitrogens is 1. The van der Waals surface area contributed by atoms with Gasteiger partial charge in [-0.1, -0.05) is 13.3 Å². The van der Waals surface area contributed by atoms with Gasteiger partial charge in [-0.3, -0.25) is 0 Å². The van der Waals surface area contributed by atoms with Gasteiger partial charge in [-0.2, -0.15) is 5.26 Å². The summed E-state index contributed by atoms with van der Waals surface area (Å²) in [7, 11) is 0. The van der Waals surface area contributed by atoms with Gasteiger partial charge in [-0.05, 0) is 37.3 Å². The smallest absolute Gasteiger partial charge is 0.129 e. The van der Waals surface area contributed by atoms with Gasteiger partial charge < -0.3 is 4.90 Å². The number of hydrogen-bond donors (Lipinski definition) is 0. The van der Waals surface area contributed by atoms with E-state index in [4.69, 9.17) is 5.26 Å². The Morgan fingerprint density at radius 2 is 2.35 bits per heavy atom. The second-order valence-corrected chi connectivity index (χ2v) is 4.71. The Hall–Kier alpha value is -1.56. The minimum atomic E-state index is 0.700.